The van der Waals surface area contributed by atoms with Crippen molar-refractivity contribution in [2.24, 2.45) is 0 Å². The van der Waals surface area contributed by atoms with Crippen molar-refractivity contribution in [1.82, 2.24) is 0 Å². The molecular weight excluding hydrogens is 228 g/mol. The highest BCUT2D eigenvalue weighted by Crippen LogP contribution is 2.72. The van der Waals surface area contributed by atoms with Gasteiger partial charge < -0.3 is 0 Å². The minimum Gasteiger partial charge on any atom is -0.116 e. The highest BCUT2D eigenvalue weighted by molar-refractivity contribution is 8.79. The Balaban J connectivity index is 3.10. The van der Waals surface area contributed by atoms with Crippen LogP contribution in [-0.4, -0.2) is 6.72 Å². The van der Waals surface area contributed by atoms with Crippen LogP contribution in [0.3, 0.4) is 0 Å². The third-order valence-corrected chi connectivity index (χ3v) is 15.0. The van der Waals surface area contributed by atoms with E-state index in [0.717, 1.165) is 7.96 Å². The van der Waals surface area contributed by atoms with E-state index < -0.39 is 0 Å². The van der Waals surface area contributed by atoms with E-state index in [1.165, 1.54) is 0 Å². The van der Waals surface area contributed by atoms with Crippen LogP contribution in [0.1, 0.15) is 0 Å². The Labute approximate surface area is 65.0 Å². The lowest BCUT2D eigenvalue weighted by Gasteiger charge is -2.08. The molecule has 47 valence electrons. The summed E-state index contributed by atoms with van der Waals surface area (Å²) in [5.74, 6) is 0. The van der Waals surface area contributed by atoms with Crippen molar-refractivity contribution in [2.45, 2.75) is 0 Å². The first-order valence-corrected chi connectivity index (χ1v) is 13.1. The molecule has 0 nitrogen and oxygen atoms in total. The van der Waals surface area contributed by atoms with E-state index in [1.54, 1.807) is 0 Å². The molecule has 6 unspecified atom stereocenters. The summed E-state index contributed by atoms with van der Waals surface area (Å²) in [6, 6.07) is 0. The second-order valence-electron chi connectivity index (χ2n) is 1.10. The topological polar surface area (TPSA) is 0 Å². The molecule has 0 aromatic carbocycles. The fourth-order valence-corrected chi connectivity index (χ4v) is 14.3. The molecule has 0 aliphatic carbocycles. The summed E-state index contributed by atoms with van der Waals surface area (Å²) >= 11 is 0. The summed E-state index contributed by atoms with van der Waals surface area (Å²) < 4.78 is 0. The average Bonchev–Trinajstić information content (AvgIpc) is 1.65. The summed E-state index contributed by atoms with van der Waals surface area (Å²) in [6.45, 7) is 2.40. The van der Waals surface area contributed by atoms with Gasteiger partial charge in [0.15, 0.2) is 0 Å². The molecule has 0 aromatic rings. The SMILES string of the molecule is PPP(P)[B]P(P)P. The lowest BCUT2D eigenvalue weighted by Crippen LogP contribution is -1.61. The highest BCUT2D eigenvalue weighted by Gasteiger charge is 2.02. The summed E-state index contributed by atoms with van der Waals surface area (Å²) in [5, 5.41) is 0. The van der Waals surface area contributed by atoms with Crippen LogP contribution in [0, 0.1) is 0 Å². The van der Waals surface area contributed by atoms with E-state index in [1.807, 2.05) is 0 Å². The van der Waals surface area contributed by atoms with Crippen LogP contribution in [0.5, 0.6) is 0 Å². The molecule has 1 radical (unpaired) electrons. The lowest BCUT2D eigenvalue weighted by atomic mass is 10.7. The first kappa shape index (κ1) is 11.1. The van der Waals surface area contributed by atoms with Crippen LogP contribution in [0.2, 0.25) is 0 Å². The molecule has 0 spiro atoms. The van der Waals surface area contributed by atoms with Gasteiger partial charge in [0.1, 0.15) is 0 Å². The Morgan fingerprint density at radius 1 is 1.25 bits per heavy atom. The maximum absolute atomic E-state index is 2.87. The van der Waals surface area contributed by atoms with Gasteiger partial charge in [0, 0.05) is 0 Å². The van der Waals surface area contributed by atoms with Gasteiger partial charge in [0.05, 0.1) is 0 Å². The smallest absolute Gasteiger partial charge is 0.116 e. The summed E-state index contributed by atoms with van der Waals surface area (Å²) in [4.78, 5) is 0. The maximum Gasteiger partial charge on any atom is 0.202 e. The third kappa shape index (κ3) is 7.19. The van der Waals surface area contributed by atoms with Crippen molar-refractivity contribution >= 4 is 64.7 Å². The zero-order chi connectivity index (χ0) is 6.57. The van der Waals surface area contributed by atoms with Crippen LogP contribution in [0.4, 0.5) is 0 Å². The van der Waals surface area contributed by atoms with E-state index in [4.69, 9.17) is 0 Å². The molecule has 0 aromatic heterocycles. The fourth-order valence-electron chi connectivity index (χ4n) is 0.177. The van der Waals surface area contributed by atoms with Crippen molar-refractivity contribution in [3.63, 3.8) is 0 Å². The van der Waals surface area contributed by atoms with Gasteiger partial charge >= 0.3 is 0 Å². The number of rotatable bonds is 3. The highest BCUT2D eigenvalue weighted by atomic mass is 32.6. The Hall–Kier alpha value is 3.07. The van der Waals surface area contributed by atoms with Crippen molar-refractivity contribution in [2.75, 3.05) is 0 Å². The van der Waals surface area contributed by atoms with Gasteiger partial charge in [-0.2, -0.15) is 0 Å². The standard InChI is InChI=1S/BH9P7/c2-6-8(5)1-7(3)4/h6H,2-5H2. The molecule has 0 rings (SSSR count). The van der Waals surface area contributed by atoms with Gasteiger partial charge in [-0.1, -0.05) is 15.1 Å². The van der Waals surface area contributed by atoms with Gasteiger partial charge in [0.2, 0.25) is 6.72 Å². The van der Waals surface area contributed by atoms with Crippen LogP contribution in [0.25, 0.3) is 0 Å². The molecule has 8 heteroatoms. The van der Waals surface area contributed by atoms with Crippen LogP contribution in [0.15, 0.2) is 0 Å². The predicted molar refractivity (Wildman–Crippen MR) is 66.7 cm³/mol. The van der Waals surface area contributed by atoms with Crippen molar-refractivity contribution in [1.29, 1.82) is 0 Å². The second-order valence-corrected chi connectivity index (χ2v) is 17.2. The molecule has 0 bridgehead atoms. The van der Waals surface area contributed by atoms with E-state index in [0.29, 0.717) is 0 Å². The first-order valence-electron chi connectivity index (χ1n) is 1.80. The van der Waals surface area contributed by atoms with Gasteiger partial charge in [-0.15, -0.1) is 42.9 Å². The molecule has 0 fully saturated rings. The lowest BCUT2D eigenvalue weighted by molar-refractivity contribution is 4.48. The van der Waals surface area contributed by atoms with Crippen molar-refractivity contribution in [3.05, 3.63) is 0 Å². The summed E-state index contributed by atoms with van der Waals surface area (Å²) in [5.41, 5.74) is 0. The predicted octanol–water partition coefficient (Wildman–Crippen LogP) is 3.24. The third-order valence-electron chi connectivity index (χ3n) is 0.407. The van der Waals surface area contributed by atoms with Gasteiger partial charge in [-0.05, 0) is 0 Å². The Morgan fingerprint density at radius 3 is 1.88 bits per heavy atom. The van der Waals surface area contributed by atoms with Crippen molar-refractivity contribution < 1.29 is 0 Å². The van der Waals surface area contributed by atoms with Gasteiger partial charge in [0.25, 0.3) is 0 Å². The normalized spacial score (nSPS) is 15.6. The Kier molecular flexibility index (Phi) is 9.36. The molecule has 0 N–H and O–H groups in total. The molecule has 0 aliphatic rings. The molecule has 0 saturated heterocycles. The van der Waals surface area contributed by atoms with E-state index in [9.17, 15) is 0 Å². The second kappa shape index (κ2) is 6.76. The molecule has 0 aliphatic heterocycles. The zero-order valence-corrected chi connectivity index (χ0v) is 11.7. The van der Waals surface area contributed by atoms with Crippen LogP contribution < -0.4 is 0 Å². The molecular formula is H9BP7. The molecule has 0 heterocycles. The van der Waals surface area contributed by atoms with Crippen LogP contribution in [-0.2, 0) is 0 Å². The van der Waals surface area contributed by atoms with E-state index >= 15 is 0 Å². The van der Waals surface area contributed by atoms with Gasteiger partial charge in [-0.3, -0.25) is 0 Å². The summed E-state index contributed by atoms with van der Waals surface area (Å²) in [6.07, 6.45) is 0. The largest absolute Gasteiger partial charge is 0.202 e. The minimum absolute atomic E-state index is 0.0642. The zero-order valence-electron chi connectivity index (χ0n) is 4.28. The molecule has 0 amide bonds. The van der Waals surface area contributed by atoms with E-state index in [-0.39, 0.29) is 14.4 Å². The van der Waals surface area contributed by atoms with Gasteiger partial charge in [-0.25, -0.2) is 0 Å². The molecule has 8 heavy (non-hydrogen) atoms. The Bertz CT molecular complexity index is 50.3. The monoisotopic (exact) mass is 237 g/mol. The number of hydrogen-bond donors (Lipinski definition) is 0. The maximum atomic E-state index is 2.87. The quantitative estimate of drug-likeness (QED) is 0.521. The minimum atomic E-state index is 0.0642. The van der Waals surface area contributed by atoms with Crippen LogP contribution >= 0.6 is 58.0 Å². The fraction of sp³-hybridized carbons (Fsp3) is 0. The Morgan fingerprint density at radius 2 is 1.75 bits per heavy atom. The number of hydrogen-bond acceptors (Lipinski definition) is 0. The average molecular weight is 237 g/mol. The molecule has 6 atom stereocenters. The molecule has 0 saturated carbocycles. The summed E-state index contributed by atoms with van der Waals surface area (Å²) in [7, 11) is 12.5. The van der Waals surface area contributed by atoms with E-state index in [2.05, 4.69) is 42.4 Å². The first-order chi connectivity index (χ1) is 3.66. The van der Waals surface area contributed by atoms with Crippen molar-refractivity contribution in [3.8, 4) is 0 Å².